The number of halogens is 3. The molecule has 0 aliphatic carbocycles. The first-order chi connectivity index (χ1) is 17.7. The maximum absolute atomic E-state index is 13.2. The second-order valence-corrected chi connectivity index (χ2v) is 9.13. The quantitative estimate of drug-likeness (QED) is 0.405. The molecule has 1 aliphatic rings. The molecular formula is C27H24F3N5O2. The minimum atomic E-state index is -4.52. The van der Waals surface area contributed by atoms with Crippen molar-refractivity contribution in [3.63, 3.8) is 0 Å². The van der Waals surface area contributed by atoms with Crippen molar-refractivity contribution in [2.75, 3.05) is 18.4 Å². The summed E-state index contributed by atoms with van der Waals surface area (Å²) in [5.74, 6) is -0.357. The smallest absolute Gasteiger partial charge is 0.339 e. The number of alkyl halides is 3. The van der Waals surface area contributed by atoms with E-state index in [2.05, 4.69) is 15.5 Å². The molecule has 2 aromatic carbocycles. The molecule has 1 aliphatic heterocycles. The Morgan fingerprint density at radius 3 is 2.43 bits per heavy atom. The molecule has 1 N–H and O–H groups in total. The van der Waals surface area contributed by atoms with Crippen LogP contribution in [0.15, 0.2) is 67.1 Å². The first kappa shape index (κ1) is 24.5. The van der Waals surface area contributed by atoms with E-state index in [1.54, 1.807) is 41.2 Å². The first-order valence-electron chi connectivity index (χ1n) is 11.9. The Labute approximate surface area is 210 Å². The molecule has 0 unspecified atom stereocenters. The summed E-state index contributed by atoms with van der Waals surface area (Å²) in [6, 6.07) is 14.4. The van der Waals surface area contributed by atoms with Crippen molar-refractivity contribution in [1.29, 1.82) is 0 Å². The van der Waals surface area contributed by atoms with Crippen molar-refractivity contribution in [3.05, 3.63) is 94.9 Å². The van der Waals surface area contributed by atoms with Crippen molar-refractivity contribution in [2.24, 2.45) is 0 Å². The molecular weight excluding hydrogens is 483 g/mol. The summed E-state index contributed by atoms with van der Waals surface area (Å²) in [5, 5.41) is 10.5. The largest absolute Gasteiger partial charge is 0.416 e. The highest BCUT2D eigenvalue weighted by atomic mass is 19.4. The van der Waals surface area contributed by atoms with Crippen LogP contribution in [0, 0.1) is 6.92 Å². The van der Waals surface area contributed by atoms with Gasteiger partial charge in [0.1, 0.15) is 6.33 Å². The van der Waals surface area contributed by atoms with Crippen LogP contribution in [0.25, 0.3) is 5.65 Å². The highest BCUT2D eigenvalue weighted by Crippen LogP contribution is 2.33. The van der Waals surface area contributed by atoms with Crippen molar-refractivity contribution < 1.29 is 22.8 Å². The maximum atomic E-state index is 13.2. The number of benzene rings is 2. The topological polar surface area (TPSA) is 79.6 Å². The zero-order valence-electron chi connectivity index (χ0n) is 20.0. The van der Waals surface area contributed by atoms with E-state index in [0.717, 1.165) is 24.5 Å². The summed E-state index contributed by atoms with van der Waals surface area (Å²) >= 11 is 0. The van der Waals surface area contributed by atoms with Gasteiger partial charge in [0, 0.05) is 30.5 Å². The van der Waals surface area contributed by atoms with Gasteiger partial charge in [0.2, 0.25) is 0 Å². The molecule has 5 rings (SSSR count). The number of nitrogens with one attached hydrogen (secondary N) is 1. The highest BCUT2D eigenvalue weighted by molar-refractivity contribution is 6.05. The number of hydrogen-bond acceptors (Lipinski definition) is 4. The Morgan fingerprint density at radius 1 is 1.00 bits per heavy atom. The SMILES string of the molecule is Cc1c(C(=O)Nc2ccc(C3CCN(C(=O)c4ccc5nncn5c4)CC3)cc2)cccc1C(F)(F)F. The van der Waals surface area contributed by atoms with Gasteiger partial charge in [-0.3, -0.25) is 14.0 Å². The Kier molecular flexibility index (Phi) is 6.41. The van der Waals surface area contributed by atoms with Crippen LogP contribution in [0.4, 0.5) is 18.9 Å². The number of fused-ring (bicyclic) bond motifs is 1. The summed E-state index contributed by atoms with van der Waals surface area (Å²) < 4.78 is 41.3. The number of likely N-dealkylation sites (tertiary alicyclic amines) is 1. The van der Waals surface area contributed by atoms with E-state index in [1.807, 2.05) is 17.0 Å². The molecule has 1 saturated heterocycles. The molecule has 0 atom stereocenters. The van der Waals surface area contributed by atoms with E-state index < -0.39 is 17.6 Å². The third-order valence-corrected chi connectivity index (χ3v) is 6.84. The average molecular weight is 508 g/mol. The monoisotopic (exact) mass is 507 g/mol. The first-order valence-corrected chi connectivity index (χ1v) is 11.9. The zero-order valence-corrected chi connectivity index (χ0v) is 20.0. The van der Waals surface area contributed by atoms with Gasteiger partial charge in [0.25, 0.3) is 11.8 Å². The van der Waals surface area contributed by atoms with E-state index in [1.165, 1.54) is 19.1 Å². The molecule has 0 spiro atoms. The van der Waals surface area contributed by atoms with Crippen LogP contribution in [-0.4, -0.2) is 44.4 Å². The number of pyridine rings is 1. The van der Waals surface area contributed by atoms with Gasteiger partial charge in [-0.25, -0.2) is 0 Å². The standard InChI is InChI=1S/C27H24F3N5O2/c1-17-22(3-2-4-23(17)27(28,29)30)25(36)32-21-8-5-18(6-9-21)19-11-13-34(14-12-19)26(37)20-7-10-24-33-31-16-35(24)15-20/h2-10,15-16,19H,11-14H2,1H3,(H,32,36). The summed E-state index contributed by atoms with van der Waals surface area (Å²) in [7, 11) is 0. The van der Waals surface area contributed by atoms with E-state index >= 15 is 0 Å². The number of hydrogen-bond donors (Lipinski definition) is 1. The minimum absolute atomic E-state index is 0.0145. The Bertz CT molecular complexity index is 1460. The van der Waals surface area contributed by atoms with E-state index in [0.29, 0.717) is 30.0 Å². The third-order valence-electron chi connectivity index (χ3n) is 6.84. The van der Waals surface area contributed by atoms with Gasteiger partial charge in [-0.2, -0.15) is 13.2 Å². The maximum Gasteiger partial charge on any atom is 0.416 e. The summed E-state index contributed by atoms with van der Waals surface area (Å²) in [6.07, 6.45) is 0.377. The van der Waals surface area contributed by atoms with Crippen LogP contribution < -0.4 is 5.32 Å². The van der Waals surface area contributed by atoms with E-state index in [4.69, 9.17) is 0 Å². The molecule has 0 bridgehead atoms. The summed E-state index contributed by atoms with van der Waals surface area (Å²) in [4.78, 5) is 27.4. The van der Waals surface area contributed by atoms with E-state index in [-0.39, 0.29) is 23.0 Å². The number of aromatic nitrogens is 3. The second-order valence-electron chi connectivity index (χ2n) is 9.13. The number of carbonyl (C=O) groups is 2. The third kappa shape index (κ3) is 5.04. The van der Waals surface area contributed by atoms with Crippen LogP contribution >= 0.6 is 0 Å². The number of carbonyl (C=O) groups excluding carboxylic acids is 2. The molecule has 0 radical (unpaired) electrons. The molecule has 37 heavy (non-hydrogen) atoms. The molecule has 1 fully saturated rings. The van der Waals surface area contributed by atoms with Gasteiger partial charge >= 0.3 is 6.18 Å². The zero-order chi connectivity index (χ0) is 26.2. The van der Waals surface area contributed by atoms with Gasteiger partial charge in [0.05, 0.1) is 11.1 Å². The average Bonchev–Trinajstić information content (AvgIpc) is 3.36. The normalized spacial score (nSPS) is 14.6. The van der Waals surface area contributed by atoms with Gasteiger partial charge in [-0.1, -0.05) is 18.2 Å². The van der Waals surface area contributed by atoms with Crippen LogP contribution in [0.5, 0.6) is 0 Å². The number of piperidine rings is 1. The van der Waals surface area contributed by atoms with Crippen LogP contribution in [0.1, 0.15) is 56.2 Å². The minimum Gasteiger partial charge on any atom is -0.339 e. The van der Waals surface area contributed by atoms with Crippen LogP contribution in [-0.2, 0) is 6.18 Å². The molecule has 3 heterocycles. The van der Waals surface area contributed by atoms with Crippen LogP contribution in [0.2, 0.25) is 0 Å². The van der Waals surface area contributed by atoms with Gasteiger partial charge in [0.15, 0.2) is 5.65 Å². The second kappa shape index (κ2) is 9.68. The molecule has 10 heteroatoms. The summed E-state index contributed by atoms with van der Waals surface area (Å²) in [5.41, 5.74) is 1.92. The fraction of sp³-hybridized carbons (Fsp3) is 0.259. The van der Waals surface area contributed by atoms with Crippen LogP contribution in [0.3, 0.4) is 0 Å². The number of anilines is 1. The number of rotatable bonds is 4. The lowest BCUT2D eigenvalue weighted by Crippen LogP contribution is -2.38. The molecule has 7 nitrogen and oxygen atoms in total. The fourth-order valence-corrected chi connectivity index (χ4v) is 4.78. The molecule has 4 aromatic rings. The fourth-order valence-electron chi connectivity index (χ4n) is 4.78. The van der Waals surface area contributed by atoms with Crippen molar-refractivity contribution in [1.82, 2.24) is 19.5 Å². The molecule has 0 saturated carbocycles. The number of amides is 2. The van der Waals surface area contributed by atoms with Crippen molar-refractivity contribution in [3.8, 4) is 0 Å². The van der Waals surface area contributed by atoms with Crippen molar-refractivity contribution >= 4 is 23.1 Å². The lowest BCUT2D eigenvalue weighted by atomic mass is 9.89. The van der Waals surface area contributed by atoms with E-state index in [9.17, 15) is 22.8 Å². The lowest BCUT2D eigenvalue weighted by Gasteiger charge is -2.32. The Hall–Kier alpha value is -4.21. The predicted molar refractivity (Wildman–Crippen MR) is 131 cm³/mol. The number of nitrogens with zero attached hydrogens (tertiary/aromatic N) is 4. The van der Waals surface area contributed by atoms with Gasteiger partial charge in [-0.15, -0.1) is 10.2 Å². The predicted octanol–water partition coefficient (Wildman–Crippen LogP) is 5.33. The Morgan fingerprint density at radius 2 is 1.73 bits per heavy atom. The molecule has 2 aromatic heterocycles. The summed E-state index contributed by atoms with van der Waals surface area (Å²) in [6.45, 7) is 2.54. The van der Waals surface area contributed by atoms with Gasteiger partial charge < -0.3 is 10.2 Å². The Balaban J connectivity index is 1.20. The van der Waals surface area contributed by atoms with Gasteiger partial charge in [-0.05, 0) is 73.2 Å². The molecule has 190 valence electrons. The lowest BCUT2D eigenvalue weighted by molar-refractivity contribution is -0.138. The van der Waals surface area contributed by atoms with Crippen molar-refractivity contribution in [2.45, 2.75) is 31.9 Å². The highest BCUT2D eigenvalue weighted by Gasteiger charge is 2.33. The molecule has 2 amide bonds.